The van der Waals surface area contributed by atoms with E-state index in [2.05, 4.69) is 31.0 Å². The standard InChI is InChI=1S/C10H9BrN4O4S2/c1-12-7-3-2-6(4-8(7)15(16)17)21(18,19)14-10-13-5-9(11)20-10/h2-5,12H,1H3,(H,13,14). The number of halogens is 1. The Morgan fingerprint density at radius 2 is 2.14 bits per heavy atom. The Morgan fingerprint density at radius 3 is 2.67 bits per heavy atom. The number of nitrogens with one attached hydrogen (secondary N) is 2. The molecule has 8 nitrogen and oxygen atoms in total. The van der Waals surface area contributed by atoms with Crippen molar-refractivity contribution in [3.63, 3.8) is 0 Å². The van der Waals surface area contributed by atoms with Crippen LogP contribution in [0.2, 0.25) is 0 Å². The van der Waals surface area contributed by atoms with Crippen LogP contribution in [0, 0.1) is 10.1 Å². The molecule has 11 heteroatoms. The van der Waals surface area contributed by atoms with Crippen molar-refractivity contribution in [3.8, 4) is 0 Å². The first-order chi connectivity index (χ1) is 9.83. The molecular formula is C10H9BrN4O4S2. The number of nitrogens with zero attached hydrogens (tertiary/aromatic N) is 2. The Hall–Kier alpha value is -1.72. The molecule has 112 valence electrons. The van der Waals surface area contributed by atoms with E-state index in [-0.39, 0.29) is 21.4 Å². The van der Waals surface area contributed by atoms with E-state index in [0.717, 1.165) is 17.4 Å². The molecule has 0 bridgehead atoms. The zero-order valence-corrected chi connectivity index (χ0v) is 13.8. The largest absolute Gasteiger partial charge is 0.383 e. The minimum absolute atomic E-state index is 0.169. The first-order valence-electron chi connectivity index (χ1n) is 5.44. The fraction of sp³-hybridized carbons (Fsp3) is 0.100. The summed E-state index contributed by atoms with van der Waals surface area (Å²) in [6.07, 6.45) is 1.45. The number of nitro groups is 1. The van der Waals surface area contributed by atoms with Crippen LogP contribution in [0.5, 0.6) is 0 Å². The summed E-state index contributed by atoms with van der Waals surface area (Å²) in [7, 11) is -2.42. The molecule has 0 radical (unpaired) electrons. The summed E-state index contributed by atoms with van der Waals surface area (Å²) in [5.74, 6) is 0. The molecule has 2 rings (SSSR count). The van der Waals surface area contributed by atoms with Crippen molar-refractivity contribution in [2.75, 3.05) is 17.1 Å². The normalized spacial score (nSPS) is 11.1. The van der Waals surface area contributed by atoms with Crippen LogP contribution in [0.4, 0.5) is 16.5 Å². The van der Waals surface area contributed by atoms with Gasteiger partial charge in [0.1, 0.15) is 5.69 Å². The third kappa shape index (κ3) is 3.49. The minimum Gasteiger partial charge on any atom is -0.383 e. The Balaban J connectivity index is 2.40. The maximum atomic E-state index is 12.2. The van der Waals surface area contributed by atoms with Crippen molar-refractivity contribution in [1.29, 1.82) is 0 Å². The van der Waals surface area contributed by atoms with E-state index in [1.807, 2.05) is 0 Å². The topological polar surface area (TPSA) is 114 Å². The van der Waals surface area contributed by atoms with Gasteiger partial charge in [-0.15, -0.1) is 0 Å². The maximum Gasteiger partial charge on any atom is 0.293 e. The van der Waals surface area contributed by atoms with E-state index in [1.54, 1.807) is 0 Å². The third-order valence-electron chi connectivity index (χ3n) is 2.44. The monoisotopic (exact) mass is 392 g/mol. The van der Waals surface area contributed by atoms with Gasteiger partial charge in [-0.3, -0.25) is 14.8 Å². The van der Waals surface area contributed by atoms with Gasteiger partial charge in [0.05, 0.1) is 19.8 Å². The second-order valence-corrected chi connectivity index (χ2v) is 7.85. The molecule has 0 aliphatic heterocycles. The van der Waals surface area contributed by atoms with Crippen LogP contribution in [-0.4, -0.2) is 25.4 Å². The van der Waals surface area contributed by atoms with Crippen LogP contribution in [0.15, 0.2) is 33.1 Å². The number of nitro benzene ring substituents is 1. The van der Waals surface area contributed by atoms with Gasteiger partial charge < -0.3 is 5.32 Å². The number of benzene rings is 1. The van der Waals surface area contributed by atoms with Crippen LogP contribution in [0.1, 0.15) is 0 Å². The molecule has 0 spiro atoms. The highest BCUT2D eigenvalue weighted by molar-refractivity contribution is 9.11. The predicted octanol–water partition coefficient (Wildman–Crippen LogP) is 2.66. The molecule has 1 heterocycles. The molecule has 0 unspecified atom stereocenters. The first-order valence-corrected chi connectivity index (χ1v) is 8.53. The minimum atomic E-state index is -3.94. The Labute approximate surface area is 132 Å². The van der Waals surface area contributed by atoms with Gasteiger partial charge in [0.15, 0.2) is 5.13 Å². The van der Waals surface area contributed by atoms with Crippen molar-refractivity contribution < 1.29 is 13.3 Å². The lowest BCUT2D eigenvalue weighted by molar-refractivity contribution is -0.384. The number of hydrogen-bond donors (Lipinski definition) is 2. The summed E-state index contributed by atoms with van der Waals surface area (Å²) < 4.78 is 27.3. The van der Waals surface area contributed by atoms with E-state index in [4.69, 9.17) is 0 Å². The number of aromatic nitrogens is 1. The van der Waals surface area contributed by atoms with E-state index in [0.29, 0.717) is 3.79 Å². The number of rotatable bonds is 5. The molecule has 1 aromatic heterocycles. The van der Waals surface area contributed by atoms with Crippen LogP contribution in [-0.2, 0) is 10.0 Å². The summed E-state index contributed by atoms with van der Waals surface area (Å²) in [4.78, 5) is 14.0. The maximum absolute atomic E-state index is 12.2. The van der Waals surface area contributed by atoms with E-state index in [1.165, 1.54) is 25.4 Å². The van der Waals surface area contributed by atoms with Crippen LogP contribution in [0.25, 0.3) is 0 Å². The Morgan fingerprint density at radius 1 is 1.43 bits per heavy atom. The summed E-state index contributed by atoms with van der Waals surface area (Å²) >= 11 is 4.27. The average Bonchev–Trinajstić information content (AvgIpc) is 2.82. The lowest BCUT2D eigenvalue weighted by Crippen LogP contribution is -2.13. The van der Waals surface area contributed by atoms with Gasteiger partial charge in [0.25, 0.3) is 15.7 Å². The average molecular weight is 393 g/mol. The van der Waals surface area contributed by atoms with Gasteiger partial charge in [-0.2, -0.15) is 0 Å². The summed E-state index contributed by atoms with van der Waals surface area (Å²) in [5.41, 5.74) is -0.0864. The predicted molar refractivity (Wildman–Crippen MR) is 83.3 cm³/mol. The molecule has 1 aromatic carbocycles. The van der Waals surface area contributed by atoms with Gasteiger partial charge in [-0.1, -0.05) is 11.3 Å². The summed E-state index contributed by atoms with van der Waals surface area (Å²) in [6.45, 7) is 0. The molecule has 2 aromatic rings. The number of thiazole rings is 1. The number of anilines is 2. The van der Waals surface area contributed by atoms with Crippen molar-refractivity contribution in [3.05, 3.63) is 38.3 Å². The first kappa shape index (κ1) is 15.7. The lowest BCUT2D eigenvalue weighted by atomic mass is 10.3. The molecule has 0 amide bonds. The van der Waals surface area contributed by atoms with Crippen molar-refractivity contribution in [2.45, 2.75) is 4.90 Å². The quantitative estimate of drug-likeness (QED) is 0.596. The number of sulfonamides is 1. The van der Waals surface area contributed by atoms with Gasteiger partial charge in [-0.25, -0.2) is 13.4 Å². The van der Waals surface area contributed by atoms with E-state index >= 15 is 0 Å². The van der Waals surface area contributed by atoms with E-state index in [9.17, 15) is 18.5 Å². The molecule has 2 N–H and O–H groups in total. The summed E-state index contributed by atoms with van der Waals surface area (Å²) in [6, 6.07) is 3.62. The second-order valence-electron chi connectivity index (χ2n) is 3.76. The lowest BCUT2D eigenvalue weighted by Gasteiger charge is -2.07. The second kappa shape index (κ2) is 5.95. The van der Waals surface area contributed by atoms with E-state index < -0.39 is 14.9 Å². The van der Waals surface area contributed by atoms with Crippen LogP contribution < -0.4 is 10.0 Å². The van der Waals surface area contributed by atoms with Gasteiger partial charge in [0.2, 0.25) is 0 Å². The SMILES string of the molecule is CNc1ccc(S(=O)(=O)Nc2ncc(Br)s2)cc1[N+](=O)[O-]. The molecule has 0 atom stereocenters. The van der Waals surface area contributed by atoms with Gasteiger partial charge >= 0.3 is 0 Å². The van der Waals surface area contributed by atoms with Crippen LogP contribution >= 0.6 is 27.3 Å². The molecule has 0 aliphatic rings. The molecule has 0 fully saturated rings. The Kier molecular flexibility index (Phi) is 4.44. The van der Waals surface area contributed by atoms with Crippen molar-refractivity contribution in [1.82, 2.24) is 4.98 Å². The smallest absolute Gasteiger partial charge is 0.293 e. The molecule has 0 aliphatic carbocycles. The zero-order chi connectivity index (χ0) is 15.6. The molecule has 0 saturated carbocycles. The highest BCUT2D eigenvalue weighted by atomic mass is 79.9. The zero-order valence-electron chi connectivity index (χ0n) is 10.5. The fourth-order valence-electron chi connectivity index (χ4n) is 1.52. The molecule has 21 heavy (non-hydrogen) atoms. The Bertz CT molecular complexity index is 790. The molecule has 0 saturated heterocycles. The van der Waals surface area contributed by atoms with Crippen molar-refractivity contribution >= 4 is 53.8 Å². The van der Waals surface area contributed by atoms with Crippen LogP contribution in [0.3, 0.4) is 0 Å². The third-order valence-corrected chi connectivity index (χ3v) is 5.30. The van der Waals surface area contributed by atoms with Gasteiger partial charge in [0, 0.05) is 13.1 Å². The highest BCUT2D eigenvalue weighted by Crippen LogP contribution is 2.29. The van der Waals surface area contributed by atoms with Gasteiger partial charge in [-0.05, 0) is 28.1 Å². The number of hydrogen-bond acceptors (Lipinski definition) is 7. The van der Waals surface area contributed by atoms with Crippen molar-refractivity contribution in [2.24, 2.45) is 0 Å². The molecular weight excluding hydrogens is 384 g/mol. The highest BCUT2D eigenvalue weighted by Gasteiger charge is 2.21. The fourth-order valence-corrected chi connectivity index (χ4v) is 3.88. The summed E-state index contributed by atoms with van der Waals surface area (Å²) in [5, 5.41) is 13.8.